The van der Waals surface area contributed by atoms with Crippen molar-refractivity contribution in [1.82, 2.24) is 5.16 Å². The molecule has 2 amide bonds. The summed E-state index contributed by atoms with van der Waals surface area (Å²) in [5.41, 5.74) is -1.38. The zero-order valence-electron chi connectivity index (χ0n) is 12.8. The number of alkyl halides is 3. The first-order valence-corrected chi connectivity index (χ1v) is 6.86. The second kappa shape index (κ2) is 6.73. The van der Waals surface area contributed by atoms with Gasteiger partial charge in [0.2, 0.25) is 11.8 Å². The zero-order valence-corrected chi connectivity index (χ0v) is 12.8. The summed E-state index contributed by atoms with van der Waals surface area (Å²) in [6, 6.07) is 6.00. The van der Waals surface area contributed by atoms with Crippen molar-refractivity contribution in [3.05, 3.63) is 41.7 Å². The Hall–Kier alpha value is -2.84. The van der Waals surface area contributed by atoms with Crippen LogP contribution in [0.4, 0.5) is 24.7 Å². The molecule has 6 nitrogen and oxygen atoms in total. The van der Waals surface area contributed by atoms with Crippen LogP contribution in [0.2, 0.25) is 0 Å². The molecule has 1 heterocycles. The Kier molecular flexibility index (Phi) is 4.91. The Morgan fingerprint density at radius 3 is 2.50 bits per heavy atom. The van der Waals surface area contributed by atoms with Gasteiger partial charge in [-0.1, -0.05) is 17.3 Å². The molecule has 24 heavy (non-hydrogen) atoms. The van der Waals surface area contributed by atoms with Crippen molar-refractivity contribution in [3.63, 3.8) is 0 Å². The minimum atomic E-state index is -4.65. The van der Waals surface area contributed by atoms with Gasteiger partial charge in [0.05, 0.1) is 11.3 Å². The van der Waals surface area contributed by atoms with Crippen LogP contribution in [0.3, 0.4) is 0 Å². The minimum absolute atomic E-state index is 0.116. The van der Waals surface area contributed by atoms with Crippen molar-refractivity contribution < 1.29 is 27.3 Å². The number of aryl methyl sites for hydroxylation is 1. The van der Waals surface area contributed by atoms with E-state index in [0.29, 0.717) is 5.76 Å². The number of aromatic nitrogens is 1. The normalized spacial score (nSPS) is 11.2. The first-order valence-electron chi connectivity index (χ1n) is 6.86. The molecule has 0 aliphatic rings. The number of nitrogens with one attached hydrogen (secondary N) is 1. The molecule has 0 radical (unpaired) electrons. The Bertz CT molecular complexity index is 756. The molecule has 2 aromatic rings. The maximum atomic E-state index is 13.1. The summed E-state index contributed by atoms with van der Waals surface area (Å²) < 4.78 is 44.1. The molecule has 0 unspecified atom stereocenters. The Morgan fingerprint density at radius 1 is 1.29 bits per heavy atom. The molecular weight excluding hydrogens is 327 g/mol. The number of anilines is 2. The van der Waals surface area contributed by atoms with E-state index in [1.54, 1.807) is 6.92 Å². The van der Waals surface area contributed by atoms with Crippen LogP contribution >= 0.6 is 0 Å². The number of hydrogen-bond donors (Lipinski definition) is 1. The fraction of sp³-hybridized carbons (Fsp3) is 0.267. The number of hydrogen-bond acceptors (Lipinski definition) is 4. The summed E-state index contributed by atoms with van der Waals surface area (Å²) in [7, 11) is 0. The highest BCUT2D eigenvalue weighted by atomic mass is 19.4. The van der Waals surface area contributed by atoms with Gasteiger partial charge in [-0.3, -0.25) is 9.59 Å². The van der Waals surface area contributed by atoms with Crippen LogP contribution < -0.4 is 10.2 Å². The molecule has 0 fully saturated rings. The van der Waals surface area contributed by atoms with Gasteiger partial charge >= 0.3 is 6.18 Å². The average Bonchev–Trinajstić information content (AvgIpc) is 2.88. The van der Waals surface area contributed by atoms with Crippen LogP contribution in [0.25, 0.3) is 0 Å². The van der Waals surface area contributed by atoms with Crippen LogP contribution in [-0.2, 0) is 15.8 Å². The van der Waals surface area contributed by atoms with E-state index in [2.05, 4.69) is 10.5 Å². The molecule has 0 saturated heterocycles. The van der Waals surface area contributed by atoms with E-state index in [-0.39, 0.29) is 11.5 Å². The first-order chi connectivity index (χ1) is 11.2. The maximum Gasteiger partial charge on any atom is 0.418 e. The summed E-state index contributed by atoms with van der Waals surface area (Å²) in [5, 5.41) is 5.90. The van der Waals surface area contributed by atoms with Gasteiger partial charge in [0.25, 0.3) is 0 Å². The standard InChI is InChI=1S/C15H14F3N3O3/c1-9-7-13(20-24-9)19-14(23)8-21(10(2)22)12-6-4-3-5-11(12)15(16,17)18/h3-7H,8H2,1-2H3,(H,19,20,23). The van der Waals surface area contributed by atoms with E-state index in [9.17, 15) is 22.8 Å². The number of amides is 2. The predicted octanol–water partition coefficient (Wildman–Crippen LogP) is 2.99. The van der Waals surface area contributed by atoms with Crippen molar-refractivity contribution in [3.8, 4) is 0 Å². The number of nitrogens with zero attached hydrogens (tertiary/aromatic N) is 2. The fourth-order valence-corrected chi connectivity index (χ4v) is 2.07. The number of carbonyl (C=O) groups is 2. The van der Waals surface area contributed by atoms with Crippen LogP contribution in [0, 0.1) is 6.92 Å². The van der Waals surface area contributed by atoms with Gasteiger partial charge < -0.3 is 14.7 Å². The van der Waals surface area contributed by atoms with Crippen LogP contribution in [-0.4, -0.2) is 23.5 Å². The highest BCUT2D eigenvalue weighted by molar-refractivity contribution is 6.01. The number of rotatable bonds is 4. The zero-order chi connectivity index (χ0) is 17.9. The number of para-hydroxylation sites is 1. The quantitative estimate of drug-likeness (QED) is 0.928. The molecule has 1 aromatic carbocycles. The topological polar surface area (TPSA) is 75.4 Å². The first kappa shape index (κ1) is 17.5. The van der Waals surface area contributed by atoms with Crippen molar-refractivity contribution >= 4 is 23.3 Å². The molecule has 1 aromatic heterocycles. The SMILES string of the molecule is CC(=O)N(CC(=O)Nc1cc(C)on1)c1ccccc1C(F)(F)F. The predicted molar refractivity (Wildman–Crippen MR) is 79.3 cm³/mol. The molecule has 1 N–H and O–H groups in total. The summed E-state index contributed by atoms with van der Waals surface area (Å²) in [6.07, 6.45) is -4.65. The van der Waals surface area contributed by atoms with Crippen LogP contribution in [0.15, 0.2) is 34.9 Å². The van der Waals surface area contributed by atoms with Crippen LogP contribution in [0.1, 0.15) is 18.2 Å². The smallest absolute Gasteiger partial charge is 0.360 e. The van der Waals surface area contributed by atoms with Gasteiger partial charge in [-0.05, 0) is 19.1 Å². The lowest BCUT2D eigenvalue weighted by Crippen LogP contribution is -2.37. The van der Waals surface area contributed by atoms with E-state index in [1.165, 1.54) is 18.2 Å². The van der Waals surface area contributed by atoms with Gasteiger partial charge in [0.1, 0.15) is 12.3 Å². The lowest BCUT2D eigenvalue weighted by Gasteiger charge is -2.24. The molecule has 0 atom stereocenters. The van der Waals surface area contributed by atoms with Gasteiger partial charge in [-0.25, -0.2) is 0 Å². The van der Waals surface area contributed by atoms with E-state index >= 15 is 0 Å². The van der Waals surface area contributed by atoms with Gasteiger partial charge in [-0.2, -0.15) is 13.2 Å². The van der Waals surface area contributed by atoms with E-state index in [4.69, 9.17) is 4.52 Å². The summed E-state index contributed by atoms with van der Waals surface area (Å²) >= 11 is 0. The minimum Gasteiger partial charge on any atom is -0.360 e. The van der Waals surface area contributed by atoms with E-state index < -0.39 is 30.1 Å². The molecule has 0 aliphatic heterocycles. The van der Waals surface area contributed by atoms with Crippen molar-refractivity contribution in [2.75, 3.05) is 16.8 Å². The summed E-state index contributed by atoms with van der Waals surface area (Å²) in [5.74, 6) is -0.824. The lowest BCUT2D eigenvalue weighted by molar-refractivity contribution is -0.137. The van der Waals surface area contributed by atoms with E-state index in [0.717, 1.165) is 24.0 Å². The Balaban J connectivity index is 2.24. The molecule has 2 rings (SSSR count). The lowest BCUT2D eigenvalue weighted by atomic mass is 10.1. The van der Waals surface area contributed by atoms with Gasteiger partial charge in [0.15, 0.2) is 5.82 Å². The third kappa shape index (κ3) is 4.12. The number of carbonyl (C=O) groups excluding carboxylic acids is 2. The highest BCUT2D eigenvalue weighted by Crippen LogP contribution is 2.36. The van der Waals surface area contributed by atoms with Gasteiger partial charge in [-0.15, -0.1) is 0 Å². The molecule has 0 aliphatic carbocycles. The number of halogens is 3. The van der Waals surface area contributed by atoms with E-state index in [1.807, 2.05) is 0 Å². The second-order valence-corrected chi connectivity index (χ2v) is 4.99. The van der Waals surface area contributed by atoms with Gasteiger partial charge in [0, 0.05) is 13.0 Å². The van der Waals surface area contributed by atoms with Crippen molar-refractivity contribution in [1.29, 1.82) is 0 Å². The summed E-state index contributed by atoms with van der Waals surface area (Å²) in [6.45, 7) is 2.11. The third-order valence-corrected chi connectivity index (χ3v) is 3.08. The maximum absolute atomic E-state index is 13.1. The molecule has 0 saturated carbocycles. The molecular formula is C15H14F3N3O3. The third-order valence-electron chi connectivity index (χ3n) is 3.08. The highest BCUT2D eigenvalue weighted by Gasteiger charge is 2.35. The summed E-state index contributed by atoms with van der Waals surface area (Å²) in [4.78, 5) is 24.5. The molecule has 0 bridgehead atoms. The molecule has 128 valence electrons. The Morgan fingerprint density at radius 2 is 1.96 bits per heavy atom. The molecule has 0 spiro atoms. The second-order valence-electron chi connectivity index (χ2n) is 4.99. The van der Waals surface area contributed by atoms with Crippen molar-refractivity contribution in [2.45, 2.75) is 20.0 Å². The largest absolute Gasteiger partial charge is 0.418 e. The molecule has 9 heteroatoms. The fourth-order valence-electron chi connectivity index (χ4n) is 2.07. The van der Waals surface area contributed by atoms with Crippen molar-refractivity contribution in [2.24, 2.45) is 0 Å². The number of benzene rings is 1. The van der Waals surface area contributed by atoms with Crippen LogP contribution in [0.5, 0.6) is 0 Å². The Labute approximate surface area is 135 Å². The average molecular weight is 341 g/mol. The monoisotopic (exact) mass is 341 g/mol.